The van der Waals surface area contributed by atoms with Crippen LogP contribution in [0.3, 0.4) is 0 Å². The molecule has 3 N–H and O–H groups in total. The zero-order valence-corrected chi connectivity index (χ0v) is 6.82. The van der Waals surface area contributed by atoms with Crippen molar-refractivity contribution >= 4 is 12.2 Å². The van der Waals surface area contributed by atoms with Gasteiger partial charge in [0.2, 0.25) is 0 Å². The first-order chi connectivity index (χ1) is 5.27. The molecule has 0 saturated heterocycles. The zero-order valence-electron chi connectivity index (χ0n) is 6.00. The van der Waals surface area contributed by atoms with Crippen molar-refractivity contribution in [3.63, 3.8) is 0 Å². The van der Waals surface area contributed by atoms with Crippen LogP contribution in [-0.2, 0) is 6.42 Å². The van der Waals surface area contributed by atoms with E-state index in [2.05, 4.69) is 9.97 Å². The molecule has 0 spiro atoms. The molecular formula is C7H9N3S. The molecule has 1 unspecified atom stereocenters. The molecular weight excluding hydrogens is 158 g/mol. The van der Waals surface area contributed by atoms with E-state index in [-0.39, 0.29) is 6.04 Å². The quantitative estimate of drug-likeness (QED) is 0.569. The minimum Gasteiger partial charge on any atom is -0.333 e. The van der Waals surface area contributed by atoms with E-state index >= 15 is 0 Å². The molecule has 1 atom stereocenters. The third-order valence-electron chi connectivity index (χ3n) is 2.02. The van der Waals surface area contributed by atoms with Gasteiger partial charge in [-0.3, -0.25) is 0 Å². The molecule has 4 heteroatoms. The van der Waals surface area contributed by atoms with Crippen LogP contribution in [0.1, 0.15) is 23.7 Å². The average molecular weight is 167 g/mol. The van der Waals surface area contributed by atoms with Crippen LogP contribution in [0.4, 0.5) is 0 Å². The highest BCUT2D eigenvalue weighted by Gasteiger charge is 2.18. The second-order valence-corrected chi connectivity index (χ2v) is 3.16. The lowest BCUT2D eigenvalue weighted by Gasteiger charge is -2.02. The molecule has 2 rings (SSSR count). The van der Waals surface area contributed by atoms with Gasteiger partial charge in [0.1, 0.15) is 0 Å². The third kappa shape index (κ3) is 1.08. The van der Waals surface area contributed by atoms with Crippen LogP contribution in [0, 0.1) is 4.77 Å². The van der Waals surface area contributed by atoms with Gasteiger partial charge in [-0.1, -0.05) is 0 Å². The second-order valence-electron chi connectivity index (χ2n) is 2.77. The number of hydrogen-bond acceptors (Lipinski definition) is 3. The molecule has 0 radical (unpaired) electrons. The summed E-state index contributed by atoms with van der Waals surface area (Å²) >= 11 is 4.88. The summed E-state index contributed by atoms with van der Waals surface area (Å²) in [6.07, 6.45) is 3.85. The second kappa shape index (κ2) is 2.39. The van der Waals surface area contributed by atoms with Crippen LogP contribution in [0.15, 0.2) is 6.20 Å². The fourth-order valence-corrected chi connectivity index (χ4v) is 1.58. The standard InChI is InChI=1S/C7H9N3S/c8-5-2-1-4-3-9-7(11)10-6(4)5/h3,5H,1-2,8H2,(H,9,10,11). The van der Waals surface area contributed by atoms with E-state index in [9.17, 15) is 0 Å². The van der Waals surface area contributed by atoms with Gasteiger partial charge in [-0.25, -0.2) is 4.98 Å². The van der Waals surface area contributed by atoms with Gasteiger partial charge >= 0.3 is 0 Å². The van der Waals surface area contributed by atoms with Crippen molar-refractivity contribution in [2.24, 2.45) is 5.73 Å². The minimum absolute atomic E-state index is 0.134. The number of rotatable bonds is 0. The van der Waals surface area contributed by atoms with E-state index in [0.717, 1.165) is 18.5 Å². The van der Waals surface area contributed by atoms with Crippen molar-refractivity contribution in [1.29, 1.82) is 0 Å². The van der Waals surface area contributed by atoms with E-state index in [1.165, 1.54) is 5.56 Å². The molecule has 0 aliphatic heterocycles. The molecule has 11 heavy (non-hydrogen) atoms. The number of aromatic amines is 1. The van der Waals surface area contributed by atoms with Crippen LogP contribution >= 0.6 is 12.2 Å². The Kier molecular flexibility index (Phi) is 1.51. The number of H-pyrrole nitrogens is 1. The van der Waals surface area contributed by atoms with E-state index in [0.29, 0.717) is 4.77 Å². The average Bonchev–Trinajstić information content (AvgIpc) is 2.33. The highest BCUT2D eigenvalue weighted by Crippen LogP contribution is 2.25. The summed E-state index contributed by atoms with van der Waals surface area (Å²) in [7, 11) is 0. The molecule has 1 aromatic heterocycles. The molecule has 0 amide bonds. The lowest BCUT2D eigenvalue weighted by molar-refractivity contribution is 0.696. The summed E-state index contributed by atoms with van der Waals surface area (Å²) < 4.78 is 0.529. The Labute approximate surface area is 69.7 Å². The van der Waals surface area contributed by atoms with Crippen molar-refractivity contribution in [2.75, 3.05) is 0 Å². The fraction of sp³-hybridized carbons (Fsp3) is 0.429. The Morgan fingerprint density at radius 1 is 1.73 bits per heavy atom. The largest absolute Gasteiger partial charge is 0.333 e. The highest BCUT2D eigenvalue weighted by molar-refractivity contribution is 7.71. The molecule has 1 aliphatic carbocycles. The molecule has 0 bridgehead atoms. The maximum absolute atomic E-state index is 5.81. The monoisotopic (exact) mass is 167 g/mol. The van der Waals surface area contributed by atoms with E-state index < -0.39 is 0 Å². The first-order valence-electron chi connectivity index (χ1n) is 3.61. The van der Waals surface area contributed by atoms with E-state index in [1.807, 2.05) is 6.20 Å². The van der Waals surface area contributed by atoms with Gasteiger partial charge in [0.25, 0.3) is 0 Å². The Hall–Kier alpha value is -0.740. The Bertz CT molecular complexity index is 331. The number of aromatic nitrogens is 2. The maximum atomic E-state index is 5.81. The van der Waals surface area contributed by atoms with Gasteiger partial charge in [0.05, 0.1) is 0 Å². The van der Waals surface area contributed by atoms with E-state index in [4.69, 9.17) is 18.0 Å². The lowest BCUT2D eigenvalue weighted by Crippen LogP contribution is -2.07. The van der Waals surface area contributed by atoms with Crippen LogP contribution < -0.4 is 5.73 Å². The van der Waals surface area contributed by atoms with Gasteiger partial charge in [-0.2, -0.15) is 0 Å². The van der Waals surface area contributed by atoms with Gasteiger partial charge in [0.15, 0.2) is 4.77 Å². The number of fused-ring (bicyclic) bond motifs is 1. The van der Waals surface area contributed by atoms with Crippen molar-refractivity contribution in [3.05, 3.63) is 22.2 Å². The highest BCUT2D eigenvalue weighted by atomic mass is 32.1. The van der Waals surface area contributed by atoms with Gasteiger partial charge in [0, 0.05) is 17.9 Å². The Balaban J connectivity index is 2.60. The molecule has 3 nitrogen and oxygen atoms in total. The van der Waals surface area contributed by atoms with Crippen molar-refractivity contribution < 1.29 is 0 Å². The summed E-state index contributed by atoms with van der Waals surface area (Å²) in [6.45, 7) is 0. The fourth-order valence-electron chi connectivity index (χ4n) is 1.42. The van der Waals surface area contributed by atoms with Crippen molar-refractivity contribution in [2.45, 2.75) is 18.9 Å². The normalized spacial score (nSPS) is 21.7. The molecule has 0 fully saturated rings. The lowest BCUT2D eigenvalue weighted by atomic mass is 10.2. The Morgan fingerprint density at radius 3 is 3.36 bits per heavy atom. The summed E-state index contributed by atoms with van der Waals surface area (Å²) in [5.74, 6) is 0. The summed E-state index contributed by atoms with van der Waals surface area (Å²) in [5, 5.41) is 0. The van der Waals surface area contributed by atoms with Crippen LogP contribution in [0.2, 0.25) is 0 Å². The molecule has 0 aromatic carbocycles. The number of nitrogens with zero attached hydrogens (tertiary/aromatic N) is 1. The number of nitrogens with one attached hydrogen (secondary N) is 1. The SMILES string of the molecule is NC1CCc2cnc(=S)[nH]c21. The number of hydrogen-bond donors (Lipinski definition) is 2. The zero-order chi connectivity index (χ0) is 7.84. The van der Waals surface area contributed by atoms with Crippen molar-refractivity contribution in [1.82, 2.24) is 9.97 Å². The third-order valence-corrected chi connectivity index (χ3v) is 2.23. The summed E-state index contributed by atoms with van der Waals surface area (Å²) in [6, 6.07) is 0.134. The Morgan fingerprint density at radius 2 is 2.55 bits per heavy atom. The topological polar surface area (TPSA) is 54.7 Å². The first kappa shape index (κ1) is 6.94. The van der Waals surface area contributed by atoms with Gasteiger partial charge in [-0.15, -0.1) is 0 Å². The first-order valence-corrected chi connectivity index (χ1v) is 4.02. The summed E-state index contributed by atoms with van der Waals surface area (Å²) in [5.41, 5.74) is 8.10. The van der Waals surface area contributed by atoms with Crippen LogP contribution in [0.5, 0.6) is 0 Å². The number of nitrogens with two attached hydrogens (primary N) is 1. The van der Waals surface area contributed by atoms with Gasteiger partial charge < -0.3 is 10.7 Å². The predicted molar refractivity (Wildman–Crippen MR) is 44.7 cm³/mol. The van der Waals surface area contributed by atoms with Crippen molar-refractivity contribution in [3.8, 4) is 0 Å². The molecule has 1 heterocycles. The predicted octanol–water partition coefficient (Wildman–Crippen LogP) is 1.09. The minimum atomic E-state index is 0.134. The molecule has 1 aromatic rings. The van der Waals surface area contributed by atoms with Gasteiger partial charge in [-0.05, 0) is 30.6 Å². The molecule has 0 saturated carbocycles. The van der Waals surface area contributed by atoms with Crippen LogP contribution in [0.25, 0.3) is 0 Å². The number of aryl methyl sites for hydroxylation is 1. The summed E-state index contributed by atoms with van der Waals surface area (Å²) in [4.78, 5) is 7.01. The maximum Gasteiger partial charge on any atom is 0.197 e. The molecule has 58 valence electrons. The smallest absolute Gasteiger partial charge is 0.197 e. The van der Waals surface area contributed by atoms with Crippen LogP contribution in [-0.4, -0.2) is 9.97 Å². The molecule has 1 aliphatic rings. The van der Waals surface area contributed by atoms with E-state index in [1.54, 1.807) is 0 Å².